The smallest absolute Gasteiger partial charge is 0.251 e. The number of hydrogen-bond acceptors (Lipinski definition) is 3. The summed E-state index contributed by atoms with van der Waals surface area (Å²) >= 11 is 0. The molecule has 0 unspecified atom stereocenters. The summed E-state index contributed by atoms with van der Waals surface area (Å²) in [6.07, 6.45) is 9.76. The van der Waals surface area contributed by atoms with E-state index in [2.05, 4.69) is 10.6 Å². The van der Waals surface area contributed by atoms with Gasteiger partial charge in [0.2, 0.25) is 11.8 Å². The monoisotopic (exact) mass is 399 g/mol. The number of likely N-dealkylation sites (tertiary alicyclic amines) is 1. The largest absolute Gasteiger partial charge is 0.352 e. The van der Waals surface area contributed by atoms with Crippen LogP contribution in [0.1, 0.15) is 68.1 Å². The first kappa shape index (κ1) is 21.3. The van der Waals surface area contributed by atoms with Gasteiger partial charge >= 0.3 is 0 Å². The highest BCUT2D eigenvalue weighted by atomic mass is 16.2. The van der Waals surface area contributed by atoms with E-state index in [-0.39, 0.29) is 30.3 Å². The van der Waals surface area contributed by atoms with Crippen molar-refractivity contribution < 1.29 is 14.4 Å². The molecule has 3 amide bonds. The van der Waals surface area contributed by atoms with Crippen molar-refractivity contribution in [2.75, 3.05) is 19.6 Å². The van der Waals surface area contributed by atoms with Gasteiger partial charge in [-0.2, -0.15) is 0 Å². The lowest BCUT2D eigenvalue weighted by molar-refractivity contribution is -0.132. The molecule has 1 aliphatic heterocycles. The van der Waals surface area contributed by atoms with E-state index in [9.17, 15) is 14.4 Å². The number of carbonyl (C=O) groups is 3. The van der Waals surface area contributed by atoms with Crippen molar-refractivity contribution in [2.45, 2.75) is 63.8 Å². The zero-order valence-corrected chi connectivity index (χ0v) is 17.2. The van der Waals surface area contributed by atoms with Crippen LogP contribution in [0.3, 0.4) is 0 Å². The zero-order valence-electron chi connectivity index (χ0n) is 17.2. The average molecular weight is 400 g/mol. The number of benzene rings is 1. The number of nitrogens with one attached hydrogen (secondary N) is 2. The Morgan fingerprint density at radius 1 is 0.931 bits per heavy atom. The lowest BCUT2D eigenvalue weighted by Gasteiger charge is -2.33. The summed E-state index contributed by atoms with van der Waals surface area (Å²) in [5, 5.41) is 5.62. The molecule has 0 spiro atoms. The van der Waals surface area contributed by atoms with Crippen LogP contribution in [0, 0.1) is 5.92 Å². The normalized spacial score (nSPS) is 18.3. The van der Waals surface area contributed by atoms with Crippen molar-refractivity contribution >= 4 is 17.7 Å². The fourth-order valence-corrected chi connectivity index (χ4v) is 4.37. The van der Waals surface area contributed by atoms with Gasteiger partial charge in [-0.15, -0.1) is 0 Å². The molecule has 2 fully saturated rings. The SMILES string of the molecule is O=C(CNC(=O)c1ccccc1)NC1CCN(C(=O)CCC2CCCCC2)CC1. The minimum absolute atomic E-state index is 0.0335. The van der Waals surface area contributed by atoms with Gasteiger partial charge in [0.25, 0.3) is 5.91 Å². The molecule has 0 atom stereocenters. The van der Waals surface area contributed by atoms with Crippen molar-refractivity contribution in [1.82, 2.24) is 15.5 Å². The quantitative estimate of drug-likeness (QED) is 0.740. The average Bonchev–Trinajstić information content (AvgIpc) is 2.77. The van der Waals surface area contributed by atoms with Crippen LogP contribution in [0.5, 0.6) is 0 Å². The molecule has 0 radical (unpaired) electrons. The number of nitrogens with zero attached hydrogens (tertiary/aromatic N) is 1. The van der Waals surface area contributed by atoms with Crippen molar-refractivity contribution in [3.63, 3.8) is 0 Å². The van der Waals surface area contributed by atoms with Crippen molar-refractivity contribution in [2.24, 2.45) is 5.92 Å². The first-order chi connectivity index (χ1) is 14.1. The molecule has 1 saturated heterocycles. The molecule has 2 N–H and O–H groups in total. The summed E-state index contributed by atoms with van der Waals surface area (Å²) in [6, 6.07) is 8.93. The van der Waals surface area contributed by atoms with Crippen LogP contribution in [-0.2, 0) is 9.59 Å². The highest BCUT2D eigenvalue weighted by Crippen LogP contribution is 2.27. The second-order valence-electron chi connectivity index (χ2n) is 8.31. The molecule has 1 heterocycles. The first-order valence-corrected chi connectivity index (χ1v) is 11.0. The second kappa shape index (κ2) is 11.0. The third kappa shape index (κ3) is 6.87. The predicted molar refractivity (Wildman–Crippen MR) is 112 cm³/mol. The third-order valence-electron chi connectivity index (χ3n) is 6.15. The van der Waals surface area contributed by atoms with Crippen LogP contribution in [0.2, 0.25) is 0 Å². The standard InChI is InChI=1S/C23H33N3O3/c27-21(17-24-23(29)19-9-5-2-6-10-19)25-20-13-15-26(16-14-20)22(28)12-11-18-7-3-1-4-8-18/h2,5-6,9-10,18,20H,1,3-4,7-8,11-17H2,(H,24,29)(H,25,27). The molecule has 158 valence electrons. The van der Waals surface area contributed by atoms with E-state index in [0.29, 0.717) is 25.1 Å². The van der Waals surface area contributed by atoms with Crippen molar-refractivity contribution in [1.29, 1.82) is 0 Å². The van der Waals surface area contributed by atoms with Gasteiger partial charge in [-0.1, -0.05) is 50.3 Å². The van der Waals surface area contributed by atoms with Crippen LogP contribution in [0.25, 0.3) is 0 Å². The Morgan fingerprint density at radius 2 is 1.62 bits per heavy atom. The lowest BCUT2D eigenvalue weighted by atomic mass is 9.86. The Hall–Kier alpha value is -2.37. The van der Waals surface area contributed by atoms with E-state index in [1.807, 2.05) is 11.0 Å². The van der Waals surface area contributed by atoms with Gasteiger partial charge in [-0.05, 0) is 37.3 Å². The fourth-order valence-electron chi connectivity index (χ4n) is 4.37. The summed E-state index contributed by atoms with van der Waals surface area (Å²) in [5.74, 6) is 0.557. The molecule has 29 heavy (non-hydrogen) atoms. The Labute approximate surface area is 173 Å². The Morgan fingerprint density at radius 3 is 2.31 bits per heavy atom. The summed E-state index contributed by atoms with van der Waals surface area (Å²) in [5.41, 5.74) is 0.542. The molecule has 0 aromatic heterocycles. The van der Waals surface area contributed by atoms with Crippen LogP contribution in [-0.4, -0.2) is 48.3 Å². The molecule has 1 aromatic rings. The maximum absolute atomic E-state index is 12.5. The van der Waals surface area contributed by atoms with E-state index in [4.69, 9.17) is 0 Å². The summed E-state index contributed by atoms with van der Waals surface area (Å²) in [6.45, 7) is 1.36. The van der Waals surface area contributed by atoms with E-state index in [1.54, 1.807) is 24.3 Å². The van der Waals surface area contributed by atoms with Gasteiger partial charge in [0, 0.05) is 31.1 Å². The van der Waals surface area contributed by atoms with Crippen LogP contribution >= 0.6 is 0 Å². The number of amides is 3. The highest BCUT2D eigenvalue weighted by Gasteiger charge is 2.24. The predicted octanol–water partition coefficient (Wildman–Crippen LogP) is 2.88. The molecule has 1 aliphatic carbocycles. The van der Waals surface area contributed by atoms with E-state index >= 15 is 0 Å². The van der Waals surface area contributed by atoms with Gasteiger partial charge < -0.3 is 15.5 Å². The lowest BCUT2D eigenvalue weighted by Crippen LogP contribution is -2.48. The minimum atomic E-state index is -0.251. The van der Waals surface area contributed by atoms with Crippen molar-refractivity contribution in [3.8, 4) is 0 Å². The number of hydrogen-bond donors (Lipinski definition) is 2. The Bertz CT molecular complexity index is 678. The summed E-state index contributed by atoms with van der Waals surface area (Å²) < 4.78 is 0. The Balaban J connectivity index is 1.31. The maximum Gasteiger partial charge on any atom is 0.251 e. The molecule has 6 heteroatoms. The second-order valence-corrected chi connectivity index (χ2v) is 8.31. The number of rotatable bonds is 7. The first-order valence-electron chi connectivity index (χ1n) is 11.0. The highest BCUT2D eigenvalue weighted by molar-refractivity contribution is 5.96. The van der Waals surface area contributed by atoms with Gasteiger partial charge in [0.1, 0.15) is 0 Å². The molecule has 0 bridgehead atoms. The minimum Gasteiger partial charge on any atom is -0.352 e. The summed E-state index contributed by atoms with van der Waals surface area (Å²) in [4.78, 5) is 38.6. The molecule has 1 saturated carbocycles. The van der Waals surface area contributed by atoms with E-state index < -0.39 is 0 Å². The van der Waals surface area contributed by atoms with Crippen molar-refractivity contribution in [3.05, 3.63) is 35.9 Å². The third-order valence-corrected chi connectivity index (χ3v) is 6.15. The molecular weight excluding hydrogens is 366 g/mol. The van der Waals surface area contributed by atoms with E-state index in [0.717, 1.165) is 25.2 Å². The summed E-state index contributed by atoms with van der Waals surface area (Å²) in [7, 11) is 0. The van der Waals surface area contributed by atoms with Crippen LogP contribution in [0.15, 0.2) is 30.3 Å². The Kier molecular flexibility index (Phi) is 8.08. The molecule has 3 rings (SSSR count). The van der Waals surface area contributed by atoms with Gasteiger partial charge in [0.05, 0.1) is 6.54 Å². The molecule has 1 aromatic carbocycles. The van der Waals surface area contributed by atoms with Gasteiger partial charge in [-0.3, -0.25) is 14.4 Å². The van der Waals surface area contributed by atoms with Crippen LogP contribution < -0.4 is 10.6 Å². The molecular formula is C23H33N3O3. The van der Waals surface area contributed by atoms with Crippen LogP contribution in [0.4, 0.5) is 0 Å². The topological polar surface area (TPSA) is 78.5 Å². The zero-order chi connectivity index (χ0) is 20.5. The molecule has 6 nitrogen and oxygen atoms in total. The van der Waals surface area contributed by atoms with Gasteiger partial charge in [-0.25, -0.2) is 0 Å². The number of carbonyl (C=O) groups excluding carboxylic acids is 3. The molecule has 2 aliphatic rings. The van der Waals surface area contributed by atoms with E-state index in [1.165, 1.54) is 32.1 Å². The van der Waals surface area contributed by atoms with Gasteiger partial charge in [0.15, 0.2) is 0 Å². The number of piperidine rings is 1. The maximum atomic E-state index is 12.5. The fraction of sp³-hybridized carbons (Fsp3) is 0.609.